The first-order chi connectivity index (χ1) is 7.81. The SMILES string of the molecule is Cn1ccnc1SCc1cccnc1C#N. The van der Waals surface area contributed by atoms with Crippen molar-refractivity contribution in [3.8, 4) is 6.07 Å². The number of nitriles is 1. The largest absolute Gasteiger partial charge is 0.329 e. The van der Waals surface area contributed by atoms with E-state index in [0.29, 0.717) is 11.4 Å². The molecule has 2 heterocycles. The fourth-order valence-corrected chi connectivity index (χ4v) is 2.21. The van der Waals surface area contributed by atoms with Crippen molar-refractivity contribution in [3.63, 3.8) is 0 Å². The van der Waals surface area contributed by atoms with Crippen LogP contribution in [-0.4, -0.2) is 14.5 Å². The molecule has 80 valence electrons. The van der Waals surface area contributed by atoms with Gasteiger partial charge in [-0.2, -0.15) is 5.26 Å². The van der Waals surface area contributed by atoms with Gasteiger partial charge in [0.15, 0.2) is 5.16 Å². The third-order valence-electron chi connectivity index (χ3n) is 2.13. The second-order valence-electron chi connectivity index (χ2n) is 3.23. The summed E-state index contributed by atoms with van der Waals surface area (Å²) in [6, 6.07) is 5.85. The molecule has 16 heavy (non-hydrogen) atoms. The zero-order valence-electron chi connectivity index (χ0n) is 8.79. The van der Waals surface area contributed by atoms with E-state index in [2.05, 4.69) is 16.0 Å². The van der Waals surface area contributed by atoms with Crippen LogP contribution >= 0.6 is 11.8 Å². The summed E-state index contributed by atoms with van der Waals surface area (Å²) in [4.78, 5) is 8.23. The summed E-state index contributed by atoms with van der Waals surface area (Å²) in [6.45, 7) is 0. The minimum absolute atomic E-state index is 0.490. The summed E-state index contributed by atoms with van der Waals surface area (Å²) in [7, 11) is 1.95. The molecule has 0 bridgehead atoms. The molecule has 0 radical (unpaired) electrons. The molecular formula is C11H10N4S. The van der Waals surface area contributed by atoms with Crippen molar-refractivity contribution in [1.29, 1.82) is 5.26 Å². The lowest BCUT2D eigenvalue weighted by molar-refractivity contribution is 0.790. The molecule has 0 aliphatic carbocycles. The third kappa shape index (κ3) is 2.23. The molecule has 0 saturated heterocycles. The average Bonchev–Trinajstić information content (AvgIpc) is 2.72. The molecule has 2 rings (SSSR count). The van der Waals surface area contributed by atoms with Gasteiger partial charge in [-0.1, -0.05) is 17.8 Å². The van der Waals surface area contributed by atoms with Crippen LogP contribution in [0.2, 0.25) is 0 Å². The van der Waals surface area contributed by atoms with Gasteiger partial charge in [-0.25, -0.2) is 9.97 Å². The molecule has 0 fully saturated rings. The molecule has 0 spiro atoms. The lowest BCUT2D eigenvalue weighted by Gasteiger charge is -2.02. The molecule has 5 heteroatoms. The number of hydrogen-bond donors (Lipinski definition) is 0. The molecule has 0 atom stereocenters. The topological polar surface area (TPSA) is 54.5 Å². The van der Waals surface area contributed by atoms with Crippen LogP contribution in [0.3, 0.4) is 0 Å². The molecule has 0 aliphatic heterocycles. The summed E-state index contributed by atoms with van der Waals surface area (Å²) in [5, 5.41) is 9.83. The van der Waals surface area contributed by atoms with Gasteiger partial charge >= 0.3 is 0 Å². The smallest absolute Gasteiger partial charge is 0.167 e. The minimum atomic E-state index is 0.490. The van der Waals surface area contributed by atoms with Crippen molar-refractivity contribution in [2.75, 3.05) is 0 Å². The zero-order chi connectivity index (χ0) is 11.4. The first-order valence-corrected chi connectivity index (χ1v) is 5.74. The minimum Gasteiger partial charge on any atom is -0.329 e. The van der Waals surface area contributed by atoms with Crippen molar-refractivity contribution in [1.82, 2.24) is 14.5 Å². The highest BCUT2D eigenvalue weighted by atomic mass is 32.2. The number of pyridine rings is 1. The molecular weight excluding hydrogens is 220 g/mol. The van der Waals surface area contributed by atoms with Gasteiger partial charge in [0, 0.05) is 31.4 Å². The Bertz CT molecular complexity index is 527. The monoisotopic (exact) mass is 230 g/mol. The predicted molar refractivity (Wildman–Crippen MR) is 61.7 cm³/mol. The molecule has 4 nitrogen and oxygen atoms in total. The Morgan fingerprint density at radius 1 is 1.44 bits per heavy atom. The van der Waals surface area contributed by atoms with Gasteiger partial charge < -0.3 is 4.57 Å². The van der Waals surface area contributed by atoms with E-state index in [1.807, 2.05) is 29.9 Å². The fourth-order valence-electron chi connectivity index (χ4n) is 1.29. The average molecular weight is 230 g/mol. The summed E-state index contributed by atoms with van der Waals surface area (Å²) < 4.78 is 1.95. The summed E-state index contributed by atoms with van der Waals surface area (Å²) in [5.74, 6) is 0.710. The van der Waals surface area contributed by atoms with Gasteiger partial charge in [-0.05, 0) is 11.6 Å². The van der Waals surface area contributed by atoms with Crippen LogP contribution in [0.4, 0.5) is 0 Å². The summed E-state index contributed by atoms with van der Waals surface area (Å²) in [6.07, 6.45) is 5.29. The van der Waals surface area contributed by atoms with Gasteiger partial charge in [0.05, 0.1) is 0 Å². The molecule has 2 aromatic heterocycles. The van der Waals surface area contributed by atoms with Gasteiger partial charge in [0.25, 0.3) is 0 Å². The highest BCUT2D eigenvalue weighted by Crippen LogP contribution is 2.21. The molecule has 0 amide bonds. The van der Waals surface area contributed by atoms with Crippen LogP contribution in [0, 0.1) is 11.3 Å². The van der Waals surface area contributed by atoms with E-state index in [0.717, 1.165) is 10.7 Å². The van der Waals surface area contributed by atoms with Gasteiger partial charge in [-0.15, -0.1) is 0 Å². The van der Waals surface area contributed by atoms with E-state index in [9.17, 15) is 0 Å². The quantitative estimate of drug-likeness (QED) is 0.756. The van der Waals surface area contributed by atoms with Crippen LogP contribution in [0.15, 0.2) is 35.9 Å². The van der Waals surface area contributed by atoms with E-state index in [-0.39, 0.29) is 0 Å². The van der Waals surface area contributed by atoms with E-state index in [1.165, 1.54) is 0 Å². The lowest BCUT2D eigenvalue weighted by atomic mass is 10.2. The number of rotatable bonds is 3. The Hall–Kier alpha value is -1.80. The summed E-state index contributed by atoms with van der Waals surface area (Å²) >= 11 is 1.60. The zero-order valence-corrected chi connectivity index (χ0v) is 9.61. The second kappa shape index (κ2) is 4.81. The van der Waals surface area contributed by atoms with Crippen LogP contribution in [0.25, 0.3) is 0 Å². The number of aromatic nitrogens is 3. The number of thioether (sulfide) groups is 1. The molecule has 0 aliphatic rings. The normalized spacial score (nSPS) is 10.0. The Morgan fingerprint density at radius 3 is 3.00 bits per heavy atom. The maximum atomic E-state index is 8.89. The van der Waals surface area contributed by atoms with Crippen molar-refractivity contribution >= 4 is 11.8 Å². The Morgan fingerprint density at radius 2 is 2.31 bits per heavy atom. The summed E-state index contributed by atoms with van der Waals surface area (Å²) in [5.41, 5.74) is 1.43. The molecule has 0 N–H and O–H groups in total. The van der Waals surface area contributed by atoms with E-state index >= 15 is 0 Å². The highest BCUT2D eigenvalue weighted by molar-refractivity contribution is 7.98. The standard InChI is InChI=1S/C11H10N4S/c1-15-6-5-14-11(15)16-8-9-3-2-4-13-10(9)7-12/h2-6H,8H2,1H3. The van der Waals surface area contributed by atoms with Crippen molar-refractivity contribution in [2.45, 2.75) is 10.9 Å². The first-order valence-electron chi connectivity index (χ1n) is 4.75. The van der Waals surface area contributed by atoms with E-state index < -0.39 is 0 Å². The maximum absolute atomic E-state index is 8.89. The van der Waals surface area contributed by atoms with Crippen LogP contribution in [-0.2, 0) is 12.8 Å². The molecule has 0 aromatic carbocycles. The van der Waals surface area contributed by atoms with E-state index in [4.69, 9.17) is 5.26 Å². The van der Waals surface area contributed by atoms with Gasteiger partial charge in [0.2, 0.25) is 0 Å². The van der Waals surface area contributed by atoms with Gasteiger partial charge in [0.1, 0.15) is 11.8 Å². The van der Waals surface area contributed by atoms with Crippen molar-refractivity contribution < 1.29 is 0 Å². The number of aryl methyl sites for hydroxylation is 1. The highest BCUT2D eigenvalue weighted by Gasteiger charge is 2.05. The maximum Gasteiger partial charge on any atom is 0.167 e. The first kappa shape index (κ1) is 10.7. The van der Waals surface area contributed by atoms with E-state index in [1.54, 1.807) is 24.2 Å². The predicted octanol–water partition coefficient (Wildman–Crippen LogP) is 1.98. The van der Waals surface area contributed by atoms with Gasteiger partial charge in [-0.3, -0.25) is 0 Å². The lowest BCUT2D eigenvalue weighted by Crippen LogP contribution is -1.93. The van der Waals surface area contributed by atoms with Crippen molar-refractivity contribution in [3.05, 3.63) is 42.0 Å². The number of hydrogen-bond acceptors (Lipinski definition) is 4. The Kier molecular flexibility index (Phi) is 3.22. The number of imidazole rings is 1. The fraction of sp³-hybridized carbons (Fsp3) is 0.182. The Balaban J connectivity index is 2.11. The second-order valence-corrected chi connectivity index (χ2v) is 4.17. The van der Waals surface area contributed by atoms with Crippen LogP contribution in [0.1, 0.15) is 11.3 Å². The van der Waals surface area contributed by atoms with Crippen LogP contribution < -0.4 is 0 Å². The molecule has 0 unspecified atom stereocenters. The van der Waals surface area contributed by atoms with Crippen molar-refractivity contribution in [2.24, 2.45) is 7.05 Å². The number of nitrogens with zero attached hydrogens (tertiary/aromatic N) is 4. The Labute approximate surface area is 98.0 Å². The molecule has 2 aromatic rings. The molecule has 0 saturated carbocycles. The van der Waals surface area contributed by atoms with Crippen LogP contribution in [0.5, 0.6) is 0 Å². The third-order valence-corrected chi connectivity index (χ3v) is 3.24.